The summed E-state index contributed by atoms with van der Waals surface area (Å²) in [5.41, 5.74) is 6.64. The number of anilines is 1. The van der Waals surface area contributed by atoms with Crippen LogP contribution < -0.4 is 5.73 Å². The minimum Gasteiger partial charge on any atom is -0.383 e. The topological polar surface area (TPSA) is 61.0 Å². The van der Waals surface area contributed by atoms with Crippen LogP contribution in [0, 0.1) is 5.92 Å². The van der Waals surface area contributed by atoms with Gasteiger partial charge in [0.15, 0.2) is 5.82 Å². The fourth-order valence-electron chi connectivity index (χ4n) is 2.82. The number of methoxy groups -OCH3 is 1. The van der Waals surface area contributed by atoms with Crippen LogP contribution >= 0.6 is 15.9 Å². The number of halogens is 1. The number of hydrogen-bond acceptors (Lipinski definition) is 4. The summed E-state index contributed by atoms with van der Waals surface area (Å²) in [6.07, 6.45) is 4.21. The molecule has 2 rings (SSSR count). The first kappa shape index (κ1) is 15.7. The third-order valence-electron chi connectivity index (χ3n) is 4.33. The van der Waals surface area contributed by atoms with E-state index in [1.807, 2.05) is 0 Å². The van der Waals surface area contributed by atoms with Crippen molar-refractivity contribution in [3.8, 4) is 0 Å². The molecule has 1 aliphatic rings. The van der Waals surface area contributed by atoms with Crippen LogP contribution in [-0.4, -0.2) is 17.1 Å². The third-order valence-corrected chi connectivity index (χ3v) is 5.14. The molecule has 0 aliphatic heterocycles. The van der Waals surface area contributed by atoms with E-state index in [0.29, 0.717) is 11.7 Å². The second kappa shape index (κ2) is 5.98. The van der Waals surface area contributed by atoms with Gasteiger partial charge in [-0.1, -0.05) is 20.8 Å². The van der Waals surface area contributed by atoms with Crippen molar-refractivity contribution < 1.29 is 4.74 Å². The molecule has 4 nitrogen and oxygen atoms in total. The molecular formula is C15H24BrN3O. The van der Waals surface area contributed by atoms with Crippen molar-refractivity contribution in [1.29, 1.82) is 0 Å². The molecule has 0 atom stereocenters. The first-order valence-corrected chi connectivity index (χ1v) is 8.07. The predicted octanol–water partition coefficient (Wildman–Crippen LogP) is 4.00. The molecular weight excluding hydrogens is 318 g/mol. The van der Waals surface area contributed by atoms with Crippen LogP contribution in [0.2, 0.25) is 0 Å². The maximum atomic E-state index is 6.05. The summed E-state index contributed by atoms with van der Waals surface area (Å²) in [5.74, 6) is 2.30. The van der Waals surface area contributed by atoms with Gasteiger partial charge in [0.1, 0.15) is 11.4 Å². The molecule has 1 aliphatic carbocycles. The molecule has 0 saturated heterocycles. The molecule has 5 heteroatoms. The normalized spacial score (nSPS) is 27.0. The SMILES string of the molecule is COC1(c2nc(N)c(Br)c(C(C)C)n2)CCC(C)CC1. The zero-order chi connectivity index (χ0) is 14.9. The van der Waals surface area contributed by atoms with E-state index < -0.39 is 0 Å². The van der Waals surface area contributed by atoms with Crippen LogP contribution in [0.4, 0.5) is 5.82 Å². The summed E-state index contributed by atoms with van der Waals surface area (Å²) < 4.78 is 6.66. The molecule has 112 valence electrons. The van der Waals surface area contributed by atoms with Gasteiger partial charge in [-0.05, 0) is 53.4 Å². The Morgan fingerprint density at radius 2 is 1.90 bits per heavy atom. The average molecular weight is 342 g/mol. The number of aromatic nitrogens is 2. The summed E-state index contributed by atoms with van der Waals surface area (Å²) in [6.45, 7) is 6.51. The van der Waals surface area contributed by atoms with Gasteiger partial charge >= 0.3 is 0 Å². The van der Waals surface area contributed by atoms with E-state index in [4.69, 9.17) is 15.5 Å². The summed E-state index contributed by atoms with van der Waals surface area (Å²) in [5, 5.41) is 0. The smallest absolute Gasteiger partial charge is 0.162 e. The highest BCUT2D eigenvalue weighted by Gasteiger charge is 2.39. The number of nitrogens with zero attached hydrogens (tertiary/aromatic N) is 2. The molecule has 0 amide bonds. The largest absolute Gasteiger partial charge is 0.383 e. The third kappa shape index (κ3) is 2.84. The summed E-state index contributed by atoms with van der Waals surface area (Å²) >= 11 is 3.50. The van der Waals surface area contributed by atoms with Crippen LogP contribution in [0.1, 0.15) is 63.9 Å². The molecule has 1 fully saturated rings. The number of nitrogens with two attached hydrogens (primary N) is 1. The Labute approximate surface area is 129 Å². The second-order valence-electron chi connectivity index (χ2n) is 6.17. The zero-order valence-corrected chi connectivity index (χ0v) is 14.3. The van der Waals surface area contributed by atoms with E-state index >= 15 is 0 Å². The van der Waals surface area contributed by atoms with Crippen molar-refractivity contribution in [3.63, 3.8) is 0 Å². The highest BCUT2D eigenvalue weighted by atomic mass is 79.9. The van der Waals surface area contributed by atoms with Crippen LogP contribution in [0.5, 0.6) is 0 Å². The monoisotopic (exact) mass is 341 g/mol. The van der Waals surface area contributed by atoms with Crippen LogP contribution in [0.3, 0.4) is 0 Å². The molecule has 0 unspecified atom stereocenters. The molecule has 1 aromatic heterocycles. The highest BCUT2D eigenvalue weighted by molar-refractivity contribution is 9.10. The van der Waals surface area contributed by atoms with Crippen molar-refractivity contribution in [3.05, 3.63) is 16.0 Å². The Bertz CT molecular complexity index is 482. The van der Waals surface area contributed by atoms with Gasteiger partial charge in [0.05, 0.1) is 10.2 Å². The van der Waals surface area contributed by atoms with Crippen LogP contribution in [0.25, 0.3) is 0 Å². The summed E-state index contributed by atoms with van der Waals surface area (Å²) in [6, 6.07) is 0. The van der Waals surface area contributed by atoms with Crippen molar-refractivity contribution in [2.75, 3.05) is 12.8 Å². The summed E-state index contributed by atoms with van der Waals surface area (Å²) in [4.78, 5) is 9.26. The Kier molecular flexibility index (Phi) is 4.69. The maximum Gasteiger partial charge on any atom is 0.162 e. The summed E-state index contributed by atoms with van der Waals surface area (Å²) in [7, 11) is 1.76. The van der Waals surface area contributed by atoms with Gasteiger partial charge in [0, 0.05) is 7.11 Å². The molecule has 1 saturated carbocycles. The Morgan fingerprint density at radius 3 is 2.40 bits per heavy atom. The van der Waals surface area contributed by atoms with E-state index in [1.165, 1.54) is 0 Å². The van der Waals surface area contributed by atoms with Gasteiger partial charge < -0.3 is 10.5 Å². The Hall–Kier alpha value is -0.680. The first-order chi connectivity index (χ1) is 9.39. The van der Waals surface area contributed by atoms with Crippen molar-refractivity contribution in [1.82, 2.24) is 9.97 Å². The number of hydrogen-bond donors (Lipinski definition) is 1. The van der Waals surface area contributed by atoms with Crippen molar-refractivity contribution in [2.24, 2.45) is 5.92 Å². The highest BCUT2D eigenvalue weighted by Crippen LogP contribution is 2.42. The fraction of sp³-hybridized carbons (Fsp3) is 0.733. The molecule has 0 radical (unpaired) electrons. The Balaban J connectivity index is 2.45. The zero-order valence-electron chi connectivity index (χ0n) is 12.7. The quantitative estimate of drug-likeness (QED) is 0.902. The lowest BCUT2D eigenvalue weighted by molar-refractivity contribution is -0.0598. The second-order valence-corrected chi connectivity index (χ2v) is 6.96. The van der Waals surface area contributed by atoms with Gasteiger partial charge in [0.25, 0.3) is 0 Å². The van der Waals surface area contributed by atoms with E-state index in [9.17, 15) is 0 Å². The fourth-order valence-corrected chi connectivity index (χ4v) is 3.45. The molecule has 20 heavy (non-hydrogen) atoms. The van der Waals surface area contributed by atoms with Crippen molar-refractivity contribution in [2.45, 2.75) is 58.0 Å². The molecule has 1 heterocycles. The van der Waals surface area contributed by atoms with E-state index in [1.54, 1.807) is 7.11 Å². The molecule has 1 aromatic rings. The van der Waals surface area contributed by atoms with E-state index in [0.717, 1.165) is 47.6 Å². The van der Waals surface area contributed by atoms with Gasteiger partial charge in [-0.25, -0.2) is 9.97 Å². The molecule has 0 bridgehead atoms. The van der Waals surface area contributed by atoms with E-state index in [2.05, 4.69) is 41.7 Å². The predicted molar refractivity (Wildman–Crippen MR) is 84.6 cm³/mol. The van der Waals surface area contributed by atoms with Gasteiger partial charge in [0.2, 0.25) is 0 Å². The first-order valence-electron chi connectivity index (χ1n) is 7.28. The lowest BCUT2D eigenvalue weighted by Crippen LogP contribution is -2.35. The number of nitrogen functional groups attached to an aromatic ring is 1. The van der Waals surface area contributed by atoms with Crippen LogP contribution in [0.15, 0.2) is 4.47 Å². The average Bonchev–Trinajstić information content (AvgIpc) is 2.42. The van der Waals surface area contributed by atoms with Gasteiger partial charge in [-0.2, -0.15) is 0 Å². The minimum absolute atomic E-state index is 0.296. The lowest BCUT2D eigenvalue weighted by atomic mass is 9.79. The van der Waals surface area contributed by atoms with Crippen LogP contribution in [-0.2, 0) is 10.3 Å². The number of rotatable bonds is 3. The van der Waals surface area contributed by atoms with Gasteiger partial charge in [-0.3, -0.25) is 0 Å². The number of ether oxygens (including phenoxy) is 1. The molecule has 0 aromatic carbocycles. The molecule has 0 spiro atoms. The Morgan fingerprint density at radius 1 is 1.30 bits per heavy atom. The van der Waals surface area contributed by atoms with E-state index in [-0.39, 0.29) is 5.60 Å². The lowest BCUT2D eigenvalue weighted by Gasteiger charge is -2.37. The molecule has 2 N–H and O–H groups in total. The maximum absolute atomic E-state index is 6.05. The minimum atomic E-state index is -0.370. The standard InChI is InChI=1S/C15H24BrN3O/c1-9(2)12-11(16)13(17)19-14(18-12)15(20-4)7-5-10(3)6-8-15/h9-10H,5-8H2,1-4H3,(H2,17,18,19). The van der Waals surface area contributed by atoms with Gasteiger partial charge in [-0.15, -0.1) is 0 Å². The van der Waals surface area contributed by atoms with Crippen molar-refractivity contribution >= 4 is 21.7 Å².